The van der Waals surface area contributed by atoms with Crippen molar-refractivity contribution in [3.8, 4) is 0 Å². The van der Waals surface area contributed by atoms with Crippen molar-refractivity contribution in [3.63, 3.8) is 0 Å². The van der Waals surface area contributed by atoms with Gasteiger partial charge in [0.15, 0.2) is 0 Å². The molecule has 2 heteroatoms. The van der Waals surface area contributed by atoms with E-state index in [0.717, 1.165) is 17.7 Å². The Labute approximate surface area is 98.4 Å². The number of nitrogens with two attached hydrogens (primary N) is 1. The lowest BCUT2D eigenvalue weighted by Crippen LogP contribution is -2.01. The van der Waals surface area contributed by atoms with Gasteiger partial charge in [0, 0.05) is 17.5 Å². The maximum atomic E-state index is 7.14. The van der Waals surface area contributed by atoms with E-state index in [0.29, 0.717) is 5.41 Å². The number of anilines is 1. The molecule has 1 aromatic rings. The molecule has 0 heterocycles. The van der Waals surface area contributed by atoms with E-state index in [-0.39, 0.29) is 0 Å². The van der Waals surface area contributed by atoms with Crippen LogP contribution in [0.3, 0.4) is 0 Å². The van der Waals surface area contributed by atoms with Gasteiger partial charge in [0.25, 0.3) is 0 Å². The highest BCUT2D eigenvalue weighted by Crippen LogP contribution is 2.47. The van der Waals surface area contributed by atoms with Crippen molar-refractivity contribution in [1.29, 1.82) is 5.41 Å². The summed E-state index contributed by atoms with van der Waals surface area (Å²) in [6.07, 6.45) is 5.09. The second-order valence-electron chi connectivity index (χ2n) is 4.60. The Hall–Kier alpha value is -1.31. The van der Waals surface area contributed by atoms with E-state index in [1.165, 1.54) is 24.6 Å². The van der Waals surface area contributed by atoms with Gasteiger partial charge in [0.1, 0.15) is 0 Å². The fourth-order valence-electron chi connectivity index (χ4n) is 1.75. The van der Waals surface area contributed by atoms with Gasteiger partial charge in [-0.05, 0) is 36.3 Å². The number of hydrogen-bond donors (Lipinski definition) is 2. The van der Waals surface area contributed by atoms with Gasteiger partial charge in [0.05, 0.1) is 0 Å². The van der Waals surface area contributed by atoms with Crippen LogP contribution < -0.4 is 5.73 Å². The molecule has 1 saturated carbocycles. The van der Waals surface area contributed by atoms with Crippen LogP contribution in [0.4, 0.5) is 5.69 Å². The molecule has 0 unspecified atom stereocenters. The molecule has 2 nitrogen and oxygen atoms in total. The van der Waals surface area contributed by atoms with E-state index in [1.54, 1.807) is 0 Å². The van der Waals surface area contributed by atoms with Gasteiger partial charge in [-0.2, -0.15) is 0 Å². The predicted molar refractivity (Wildman–Crippen MR) is 71.1 cm³/mol. The molecule has 0 radical (unpaired) electrons. The molecule has 0 bridgehead atoms. The predicted octanol–water partition coefficient (Wildman–Crippen LogP) is 3.64. The summed E-state index contributed by atoms with van der Waals surface area (Å²) in [6.45, 7) is 6.31. The van der Waals surface area contributed by atoms with Crippen LogP contribution in [0.5, 0.6) is 0 Å². The third-order valence-corrected chi connectivity index (χ3v) is 3.04. The first kappa shape index (κ1) is 12.8. The molecule has 16 heavy (non-hydrogen) atoms. The van der Waals surface area contributed by atoms with Crippen molar-refractivity contribution in [2.24, 2.45) is 5.41 Å². The van der Waals surface area contributed by atoms with Gasteiger partial charge in [0.2, 0.25) is 0 Å². The van der Waals surface area contributed by atoms with E-state index >= 15 is 0 Å². The molecule has 0 atom stereocenters. The van der Waals surface area contributed by atoms with Crippen molar-refractivity contribution < 1.29 is 0 Å². The normalized spacial score (nSPS) is 15.9. The third-order valence-electron chi connectivity index (χ3n) is 3.04. The highest BCUT2D eigenvalue weighted by Gasteiger charge is 2.36. The zero-order valence-corrected chi connectivity index (χ0v) is 10.5. The maximum absolute atomic E-state index is 7.14. The van der Waals surface area contributed by atoms with Gasteiger partial charge < -0.3 is 11.1 Å². The van der Waals surface area contributed by atoms with Gasteiger partial charge in [-0.25, -0.2) is 0 Å². The average Bonchev–Trinajstić information content (AvgIpc) is 2.99. The fraction of sp³-hybridized carbons (Fsp3) is 0.500. The lowest BCUT2D eigenvalue weighted by atomic mass is 9.97. The first-order chi connectivity index (χ1) is 7.63. The third kappa shape index (κ3) is 3.09. The van der Waals surface area contributed by atoms with E-state index in [9.17, 15) is 0 Å². The molecule has 88 valence electrons. The number of nitrogen functional groups attached to an aromatic ring is 1. The second-order valence-corrected chi connectivity index (χ2v) is 4.60. The number of benzene rings is 1. The molecule has 3 N–H and O–H groups in total. The van der Waals surface area contributed by atoms with Crippen LogP contribution in [0.2, 0.25) is 0 Å². The second kappa shape index (κ2) is 5.15. The first-order valence-corrected chi connectivity index (χ1v) is 6.02. The quantitative estimate of drug-likeness (QED) is 0.590. The molecule has 0 aromatic heterocycles. The standard InChI is InChI=1S/C12H16N2.C2H6/c1-12(4-5-12)7-9-2-3-10(8-13)11(14)6-9;1-2/h2-3,6,8,13H,4-5,7,14H2,1H3;1-2H3. The minimum atomic E-state index is 0.526. The monoisotopic (exact) mass is 218 g/mol. The van der Waals surface area contributed by atoms with Crippen LogP contribution in [0.1, 0.15) is 44.7 Å². The van der Waals surface area contributed by atoms with Crippen molar-refractivity contribution >= 4 is 11.9 Å². The van der Waals surface area contributed by atoms with Crippen molar-refractivity contribution in [1.82, 2.24) is 0 Å². The summed E-state index contributed by atoms with van der Waals surface area (Å²) in [4.78, 5) is 0. The Kier molecular flexibility index (Phi) is 4.11. The molecule has 0 spiro atoms. The summed E-state index contributed by atoms with van der Waals surface area (Å²) in [6, 6.07) is 6.02. The summed E-state index contributed by atoms with van der Waals surface area (Å²) in [7, 11) is 0. The van der Waals surface area contributed by atoms with Crippen LogP contribution in [-0.2, 0) is 6.42 Å². The minimum Gasteiger partial charge on any atom is -0.398 e. The van der Waals surface area contributed by atoms with Crippen molar-refractivity contribution in [2.75, 3.05) is 5.73 Å². The number of hydrogen-bond acceptors (Lipinski definition) is 2. The van der Waals surface area contributed by atoms with Crippen LogP contribution >= 0.6 is 0 Å². The molecular formula is C14H22N2. The highest BCUT2D eigenvalue weighted by atomic mass is 14.6. The number of nitrogens with one attached hydrogen (secondary N) is 1. The zero-order valence-electron chi connectivity index (χ0n) is 10.5. The molecule has 1 aliphatic carbocycles. The molecule has 1 aromatic carbocycles. The summed E-state index contributed by atoms with van der Waals surface area (Å²) in [5.41, 5.74) is 9.18. The summed E-state index contributed by atoms with van der Waals surface area (Å²) < 4.78 is 0. The van der Waals surface area contributed by atoms with Crippen LogP contribution in [-0.4, -0.2) is 6.21 Å². The lowest BCUT2D eigenvalue weighted by molar-refractivity contribution is 0.570. The smallest absolute Gasteiger partial charge is 0.0405 e. The van der Waals surface area contributed by atoms with Gasteiger partial charge in [-0.1, -0.05) is 32.9 Å². The minimum absolute atomic E-state index is 0.526. The van der Waals surface area contributed by atoms with E-state index in [4.69, 9.17) is 11.1 Å². The molecule has 0 saturated heterocycles. The molecule has 1 aliphatic rings. The maximum Gasteiger partial charge on any atom is 0.0405 e. The SMILES string of the molecule is CC.CC1(Cc2ccc(C=N)c(N)c2)CC1. The number of rotatable bonds is 3. The zero-order chi connectivity index (χ0) is 12.2. The summed E-state index contributed by atoms with van der Waals surface area (Å²) in [5, 5.41) is 7.14. The summed E-state index contributed by atoms with van der Waals surface area (Å²) in [5.74, 6) is 0. The Balaban J connectivity index is 0.000000606. The Bertz CT molecular complexity index is 365. The fourth-order valence-corrected chi connectivity index (χ4v) is 1.75. The Morgan fingerprint density at radius 2 is 2.00 bits per heavy atom. The summed E-state index contributed by atoms with van der Waals surface area (Å²) >= 11 is 0. The van der Waals surface area contributed by atoms with Crippen LogP contribution in [0.15, 0.2) is 18.2 Å². The topological polar surface area (TPSA) is 49.9 Å². The molecule has 0 aliphatic heterocycles. The molecule has 0 amide bonds. The van der Waals surface area contributed by atoms with E-state index in [1.807, 2.05) is 26.0 Å². The molecular weight excluding hydrogens is 196 g/mol. The van der Waals surface area contributed by atoms with Crippen LogP contribution in [0.25, 0.3) is 0 Å². The highest BCUT2D eigenvalue weighted by molar-refractivity contribution is 5.84. The molecule has 1 fully saturated rings. The average molecular weight is 218 g/mol. The Morgan fingerprint density at radius 1 is 1.38 bits per heavy atom. The largest absolute Gasteiger partial charge is 0.398 e. The van der Waals surface area contributed by atoms with Gasteiger partial charge in [-0.3, -0.25) is 0 Å². The van der Waals surface area contributed by atoms with Crippen molar-refractivity contribution in [2.45, 2.75) is 40.0 Å². The first-order valence-electron chi connectivity index (χ1n) is 6.02. The van der Waals surface area contributed by atoms with Gasteiger partial charge in [-0.15, -0.1) is 0 Å². The van der Waals surface area contributed by atoms with Gasteiger partial charge >= 0.3 is 0 Å². The van der Waals surface area contributed by atoms with Crippen LogP contribution in [0, 0.1) is 10.8 Å². The van der Waals surface area contributed by atoms with Crippen molar-refractivity contribution in [3.05, 3.63) is 29.3 Å². The molecule has 2 rings (SSSR count). The Morgan fingerprint density at radius 3 is 2.44 bits per heavy atom. The van der Waals surface area contributed by atoms with E-state index in [2.05, 4.69) is 13.0 Å². The van der Waals surface area contributed by atoms with E-state index < -0.39 is 0 Å². The lowest BCUT2D eigenvalue weighted by Gasteiger charge is -2.09.